The molecule has 2 aromatic heterocycles. The van der Waals surface area contributed by atoms with E-state index < -0.39 is 17.9 Å². The molecule has 0 saturated carbocycles. The van der Waals surface area contributed by atoms with E-state index in [0.29, 0.717) is 23.5 Å². The fraction of sp³-hybridized carbons (Fsp3) is 0.556. The molecule has 1 fully saturated rings. The first-order valence-corrected chi connectivity index (χ1v) is 8.96. The predicted octanol–water partition coefficient (Wildman–Crippen LogP) is 1.10. The van der Waals surface area contributed by atoms with Gasteiger partial charge in [-0.05, 0) is 36.8 Å². The minimum atomic E-state index is -0.741. The number of fused-ring (bicyclic) bond motifs is 1. The second kappa shape index (κ2) is 7.82. The summed E-state index contributed by atoms with van der Waals surface area (Å²) in [6.45, 7) is 5.85. The molecule has 3 heterocycles. The van der Waals surface area contributed by atoms with E-state index in [0.717, 1.165) is 26.1 Å². The number of carbonyl (C=O) groups is 2. The van der Waals surface area contributed by atoms with Crippen LogP contribution in [-0.2, 0) is 16.1 Å². The Hall–Kier alpha value is -2.48. The van der Waals surface area contributed by atoms with Crippen LogP contribution in [0.3, 0.4) is 0 Å². The summed E-state index contributed by atoms with van der Waals surface area (Å²) in [5.74, 6) is -0.632. The van der Waals surface area contributed by atoms with Gasteiger partial charge in [0.2, 0.25) is 5.91 Å². The summed E-state index contributed by atoms with van der Waals surface area (Å²) in [5.41, 5.74) is 6.34. The van der Waals surface area contributed by atoms with Gasteiger partial charge in [0, 0.05) is 26.0 Å². The number of hydrogen-bond acceptors (Lipinski definition) is 5. The zero-order valence-corrected chi connectivity index (χ0v) is 15.1. The van der Waals surface area contributed by atoms with Crippen molar-refractivity contribution in [3.05, 3.63) is 24.0 Å². The average Bonchev–Trinajstić information content (AvgIpc) is 2.99. The van der Waals surface area contributed by atoms with Crippen molar-refractivity contribution in [2.75, 3.05) is 13.2 Å². The summed E-state index contributed by atoms with van der Waals surface area (Å²) in [7, 11) is 0. The highest BCUT2D eigenvalue weighted by molar-refractivity contribution is 6.05. The second-order valence-electron chi connectivity index (χ2n) is 7.06. The first-order chi connectivity index (χ1) is 12.5. The molecule has 0 unspecified atom stereocenters. The molecule has 8 heteroatoms. The molecular weight excluding hydrogens is 334 g/mol. The van der Waals surface area contributed by atoms with Crippen LogP contribution >= 0.6 is 0 Å². The molecule has 3 N–H and O–H groups in total. The quantitative estimate of drug-likeness (QED) is 0.802. The number of ether oxygens (including phenoxy) is 1. The Kier molecular flexibility index (Phi) is 5.51. The molecule has 0 aromatic carbocycles. The van der Waals surface area contributed by atoms with Crippen LogP contribution in [0.15, 0.2) is 18.3 Å². The highest BCUT2D eigenvalue weighted by Gasteiger charge is 2.26. The third-order valence-electron chi connectivity index (χ3n) is 4.75. The SMILES string of the molecule is CC(C)[C@H](NC(=O)c1nn(CC2CCOCC2)c2ncccc12)C(N)=O. The lowest BCUT2D eigenvalue weighted by Crippen LogP contribution is -2.47. The summed E-state index contributed by atoms with van der Waals surface area (Å²) in [6, 6.07) is 2.85. The van der Waals surface area contributed by atoms with Crippen LogP contribution in [0.25, 0.3) is 11.0 Å². The van der Waals surface area contributed by atoms with E-state index in [-0.39, 0.29) is 11.6 Å². The lowest BCUT2D eigenvalue weighted by molar-refractivity contribution is -0.120. The number of carbonyl (C=O) groups excluding carboxylic acids is 2. The second-order valence-corrected chi connectivity index (χ2v) is 7.06. The molecule has 1 aliphatic rings. The number of amides is 2. The zero-order chi connectivity index (χ0) is 18.7. The molecular formula is C18H25N5O3. The van der Waals surface area contributed by atoms with Gasteiger partial charge in [0.15, 0.2) is 11.3 Å². The van der Waals surface area contributed by atoms with Crippen molar-refractivity contribution in [1.82, 2.24) is 20.1 Å². The van der Waals surface area contributed by atoms with E-state index in [1.807, 2.05) is 19.9 Å². The van der Waals surface area contributed by atoms with Gasteiger partial charge in [-0.1, -0.05) is 13.8 Å². The summed E-state index contributed by atoms with van der Waals surface area (Å²) in [5, 5.41) is 7.88. The van der Waals surface area contributed by atoms with Crippen LogP contribution < -0.4 is 11.1 Å². The van der Waals surface area contributed by atoms with Crippen molar-refractivity contribution in [3.8, 4) is 0 Å². The number of pyridine rings is 1. The lowest BCUT2D eigenvalue weighted by atomic mass is 10.0. The number of nitrogens with two attached hydrogens (primary N) is 1. The molecule has 0 spiro atoms. The molecule has 3 rings (SSSR count). The molecule has 0 aliphatic carbocycles. The molecule has 140 valence electrons. The van der Waals surface area contributed by atoms with Gasteiger partial charge in [-0.2, -0.15) is 5.10 Å². The predicted molar refractivity (Wildman–Crippen MR) is 96.4 cm³/mol. The molecule has 2 amide bonds. The van der Waals surface area contributed by atoms with Gasteiger partial charge in [-0.3, -0.25) is 9.59 Å². The van der Waals surface area contributed by atoms with Crippen LogP contribution in [0, 0.1) is 11.8 Å². The van der Waals surface area contributed by atoms with Crippen molar-refractivity contribution in [2.24, 2.45) is 17.6 Å². The molecule has 1 saturated heterocycles. The number of primary amides is 1. The highest BCUT2D eigenvalue weighted by Crippen LogP contribution is 2.22. The smallest absolute Gasteiger partial charge is 0.273 e. The summed E-state index contributed by atoms with van der Waals surface area (Å²) >= 11 is 0. The third-order valence-corrected chi connectivity index (χ3v) is 4.75. The van der Waals surface area contributed by atoms with Crippen molar-refractivity contribution in [1.29, 1.82) is 0 Å². The fourth-order valence-electron chi connectivity index (χ4n) is 3.25. The molecule has 0 bridgehead atoms. The Morgan fingerprint density at radius 3 is 2.77 bits per heavy atom. The number of nitrogens with zero attached hydrogens (tertiary/aromatic N) is 3. The highest BCUT2D eigenvalue weighted by atomic mass is 16.5. The molecule has 2 aromatic rings. The van der Waals surface area contributed by atoms with Gasteiger partial charge in [0.05, 0.1) is 5.39 Å². The minimum Gasteiger partial charge on any atom is -0.381 e. The van der Waals surface area contributed by atoms with Crippen molar-refractivity contribution in [3.63, 3.8) is 0 Å². The van der Waals surface area contributed by atoms with Gasteiger partial charge in [-0.15, -0.1) is 0 Å². The maximum atomic E-state index is 12.7. The maximum absolute atomic E-state index is 12.7. The largest absolute Gasteiger partial charge is 0.381 e. The van der Waals surface area contributed by atoms with Crippen LogP contribution in [0.2, 0.25) is 0 Å². The monoisotopic (exact) mass is 359 g/mol. The Morgan fingerprint density at radius 2 is 2.12 bits per heavy atom. The third kappa shape index (κ3) is 3.85. The van der Waals surface area contributed by atoms with Crippen LogP contribution in [0.1, 0.15) is 37.2 Å². The number of aromatic nitrogens is 3. The number of hydrogen-bond donors (Lipinski definition) is 2. The Morgan fingerprint density at radius 1 is 1.38 bits per heavy atom. The van der Waals surface area contributed by atoms with E-state index in [4.69, 9.17) is 10.5 Å². The Balaban J connectivity index is 1.88. The Labute approximate surface area is 152 Å². The first-order valence-electron chi connectivity index (χ1n) is 8.96. The van der Waals surface area contributed by atoms with E-state index in [1.165, 1.54) is 0 Å². The fourth-order valence-corrected chi connectivity index (χ4v) is 3.25. The maximum Gasteiger partial charge on any atom is 0.273 e. The number of rotatable bonds is 6. The van der Waals surface area contributed by atoms with E-state index in [9.17, 15) is 9.59 Å². The molecule has 8 nitrogen and oxygen atoms in total. The molecule has 1 aliphatic heterocycles. The summed E-state index contributed by atoms with van der Waals surface area (Å²) in [6.07, 6.45) is 3.62. The van der Waals surface area contributed by atoms with Crippen LogP contribution in [-0.4, -0.2) is 45.8 Å². The van der Waals surface area contributed by atoms with Gasteiger partial charge in [0.1, 0.15) is 6.04 Å². The van der Waals surface area contributed by atoms with Gasteiger partial charge in [-0.25, -0.2) is 9.67 Å². The normalized spacial score (nSPS) is 16.7. The van der Waals surface area contributed by atoms with Crippen molar-refractivity contribution < 1.29 is 14.3 Å². The van der Waals surface area contributed by atoms with E-state index in [1.54, 1.807) is 16.9 Å². The standard InChI is InChI=1S/C18H25N5O3/c1-11(2)14(16(19)24)21-18(25)15-13-4-3-7-20-17(13)23(22-15)10-12-5-8-26-9-6-12/h3-4,7,11-12,14H,5-6,8-10H2,1-2H3,(H2,19,24)(H,21,25)/t14-/m0/s1. The number of nitrogens with one attached hydrogen (secondary N) is 1. The van der Waals surface area contributed by atoms with E-state index >= 15 is 0 Å². The zero-order valence-electron chi connectivity index (χ0n) is 15.1. The lowest BCUT2D eigenvalue weighted by Gasteiger charge is -2.21. The minimum absolute atomic E-state index is 0.106. The first kappa shape index (κ1) is 18.3. The van der Waals surface area contributed by atoms with Gasteiger partial charge < -0.3 is 15.8 Å². The van der Waals surface area contributed by atoms with Crippen LogP contribution in [0.5, 0.6) is 0 Å². The molecule has 0 radical (unpaired) electrons. The summed E-state index contributed by atoms with van der Waals surface area (Å²) < 4.78 is 7.19. The Bertz CT molecular complexity index is 795. The van der Waals surface area contributed by atoms with Gasteiger partial charge >= 0.3 is 0 Å². The van der Waals surface area contributed by atoms with Crippen molar-refractivity contribution >= 4 is 22.8 Å². The topological polar surface area (TPSA) is 112 Å². The summed E-state index contributed by atoms with van der Waals surface area (Å²) in [4.78, 5) is 28.7. The molecule has 26 heavy (non-hydrogen) atoms. The average molecular weight is 359 g/mol. The van der Waals surface area contributed by atoms with Crippen LogP contribution in [0.4, 0.5) is 0 Å². The molecule has 1 atom stereocenters. The van der Waals surface area contributed by atoms with E-state index in [2.05, 4.69) is 15.4 Å². The van der Waals surface area contributed by atoms with Gasteiger partial charge in [0.25, 0.3) is 5.91 Å². The van der Waals surface area contributed by atoms with Crippen molar-refractivity contribution in [2.45, 2.75) is 39.3 Å².